The van der Waals surface area contributed by atoms with Crippen LogP contribution >= 0.6 is 0 Å². The Hall–Kier alpha value is -2.52. The summed E-state index contributed by atoms with van der Waals surface area (Å²) in [5.74, 6) is 0.299. The number of nitro benzene ring substituents is 1. The van der Waals surface area contributed by atoms with Crippen LogP contribution in [0.15, 0.2) is 47.6 Å². The summed E-state index contributed by atoms with van der Waals surface area (Å²) in [6, 6.07) is 6.94. The Balaban J connectivity index is 1.95. The van der Waals surface area contributed by atoms with E-state index >= 15 is 0 Å². The molecule has 0 bridgehead atoms. The van der Waals surface area contributed by atoms with Crippen LogP contribution in [0, 0.1) is 10.1 Å². The van der Waals surface area contributed by atoms with E-state index in [1.165, 1.54) is 22.6 Å². The fourth-order valence-corrected chi connectivity index (χ4v) is 4.21. The average molecular weight is 363 g/mol. The van der Waals surface area contributed by atoms with Crippen molar-refractivity contribution in [3.63, 3.8) is 0 Å². The lowest BCUT2D eigenvalue weighted by Gasteiger charge is -2.25. The first kappa shape index (κ1) is 17.3. The Morgan fingerprint density at radius 2 is 1.92 bits per heavy atom. The van der Waals surface area contributed by atoms with Crippen LogP contribution in [0.3, 0.4) is 0 Å². The van der Waals surface area contributed by atoms with Crippen LogP contribution in [0.1, 0.15) is 19.3 Å². The minimum absolute atomic E-state index is 0.0319. The Morgan fingerprint density at radius 3 is 2.56 bits per heavy atom. The smallest absolute Gasteiger partial charge is 0.312 e. The van der Waals surface area contributed by atoms with Gasteiger partial charge in [-0.15, -0.1) is 0 Å². The van der Waals surface area contributed by atoms with Gasteiger partial charge in [0.15, 0.2) is 0 Å². The summed E-state index contributed by atoms with van der Waals surface area (Å²) < 4.78 is 32.2. The van der Waals surface area contributed by atoms with Gasteiger partial charge in [0.25, 0.3) is 0 Å². The van der Waals surface area contributed by atoms with E-state index in [0.29, 0.717) is 18.8 Å². The van der Waals surface area contributed by atoms with Crippen molar-refractivity contribution in [2.45, 2.75) is 24.2 Å². The topological polar surface area (TPSA) is 103 Å². The molecule has 2 heterocycles. The molecule has 9 heteroatoms. The molecule has 0 unspecified atom stereocenters. The molecule has 0 atom stereocenters. The van der Waals surface area contributed by atoms with E-state index in [2.05, 4.69) is 4.98 Å². The molecule has 1 aromatic heterocycles. The zero-order chi connectivity index (χ0) is 17.9. The second kappa shape index (κ2) is 7.16. The number of piperidine rings is 1. The maximum Gasteiger partial charge on any atom is 0.312 e. The summed E-state index contributed by atoms with van der Waals surface area (Å²) in [6.07, 6.45) is 5.55. The van der Waals surface area contributed by atoms with Crippen molar-refractivity contribution in [2.75, 3.05) is 13.1 Å². The lowest BCUT2D eigenvalue weighted by Crippen LogP contribution is -2.35. The molecular weight excluding hydrogens is 346 g/mol. The van der Waals surface area contributed by atoms with Gasteiger partial charge in [0.1, 0.15) is 5.75 Å². The molecule has 0 aliphatic carbocycles. The van der Waals surface area contributed by atoms with Gasteiger partial charge < -0.3 is 4.74 Å². The fourth-order valence-electron chi connectivity index (χ4n) is 2.68. The number of nitrogens with zero attached hydrogens (tertiary/aromatic N) is 3. The minimum atomic E-state index is -3.75. The molecule has 1 fully saturated rings. The molecule has 3 rings (SSSR count). The van der Waals surface area contributed by atoms with E-state index in [-0.39, 0.29) is 10.6 Å². The van der Waals surface area contributed by atoms with Crippen LogP contribution in [0.2, 0.25) is 0 Å². The predicted molar refractivity (Wildman–Crippen MR) is 90.0 cm³/mol. The third kappa shape index (κ3) is 3.77. The lowest BCUT2D eigenvalue weighted by molar-refractivity contribution is -0.385. The van der Waals surface area contributed by atoms with E-state index in [1.54, 1.807) is 18.3 Å². The first-order chi connectivity index (χ1) is 12.0. The highest BCUT2D eigenvalue weighted by Gasteiger charge is 2.29. The third-order valence-corrected chi connectivity index (χ3v) is 5.84. The number of hydrogen-bond donors (Lipinski definition) is 0. The van der Waals surface area contributed by atoms with Gasteiger partial charge in [0.2, 0.25) is 15.8 Å². The van der Waals surface area contributed by atoms with Crippen molar-refractivity contribution in [1.29, 1.82) is 0 Å². The highest BCUT2D eigenvalue weighted by molar-refractivity contribution is 7.89. The molecule has 0 radical (unpaired) electrons. The zero-order valence-corrected chi connectivity index (χ0v) is 14.2. The Morgan fingerprint density at radius 1 is 1.16 bits per heavy atom. The molecule has 1 saturated heterocycles. The van der Waals surface area contributed by atoms with Gasteiger partial charge in [-0.3, -0.25) is 15.1 Å². The quantitative estimate of drug-likeness (QED) is 0.598. The number of pyridine rings is 1. The molecule has 132 valence electrons. The SMILES string of the molecule is O=[N+]([O-])c1cc(S(=O)(=O)N2CCCCC2)ccc1Oc1cccnc1. The number of benzene rings is 1. The van der Waals surface area contributed by atoms with Crippen LogP contribution < -0.4 is 4.74 Å². The van der Waals surface area contributed by atoms with Gasteiger partial charge in [-0.05, 0) is 37.1 Å². The second-order valence-corrected chi connectivity index (χ2v) is 7.58. The van der Waals surface area contributed by atoms with Gasteiger partial charge in [0.05, 0.1) is 16.0 Å². The standard InChI is InChI=1S/C16H17N3O5S/c20-19(21)15-11-14(25(22,23)18-9-2-1-3-10-18)6-7-16(15)24-13-5-4-8-17-12-13/h4-8,11-12H,1-3,9-10H2. The van der Waals surface area contributed by atoms with E-state index in [4.69, 9.17) is 4.74 Å². The van der Waals surface area contributed by atoms with Gasteiger partial charge >= 0.3 is 5.69 Å². The molecule has 2 aromatic rings. The molecule has 1 aromatic carbocycles. The number of ether oxygens (including phenoxy) is 1. The largest absolute Gasteiger partial charge is 0.449 e. The lowest BCUT2D eigenvalue weighted by atomic mass is 10.2. The van der Waals surface area contributed by atoms with Crippen molar-refractivity contribution in [2.24, 2.45) is 0 Å². The molecule has 8 nitrogen and oxygen atoms in total. The van der Waals surface area contributed by atoms with Crippen LogP contribution in [0.25, 0.3) is 0 Å². The maximum absolute atomic E-state index is 12.7. The number of sulfonamides is 1. The Bertz CT molecular complexity index is 865. The van der Waals surface area contributed by atoms with Gasteiger partial charge in [0, 0.05) is 25.4 Å². The number of hydrogen-bond acceptors (Lipinski definition) is 6. The summed E-state index contributed by atoms with van der Waals surface area (Å²) in [7, 11) is -3.75. The molecule has 1 aliphatic heterocycles. The van der Waals surface area contributed by atoms with Crippen LogP contribution in [-0.2, 0) is 10.0 Å². The monoisotopic (exact) mass is 363 g/mol. The van der Waals surface area contributed by atoms with E-state index < -0.39 is 20.6 Å². The number of rotatable bonds is 5. The van der Waals surface area contributed by atoms with Crippen molar-refractivity contribution in [3.8, 4) is 11.5 Å². The van der Waals surface area contributed by atoms with E-state index in [1.807, 2.05) is 0 Å². The van der Waals surface area contributed by atoms with Gasteiger partial charge in [-0.25, -0.2) is 8.42 Å². The summed E-state index contributed by atoms with van der Waals surface area (Å²) in [4.78, 5) is 14.5. The molecule has 0 N–H and O–H groups in total. The first-order valence-electron chi connectivity index (χ1n) is 7.85. The van der Waals surface area contributed by atoms with Crippen LogP contribution in [0.5, 0.6) is 11.5 Å². The second-order valence-electron chi connectivity index (χ2n) is 5.64. The van der Waals surface area contributed by atoms with Crippen molar-refractivity contribution >= 4 is 15.7 Å². The van der Waals surface area contributed by atoms with Crippen molar-refractivity contribution in [3.05, 3.63) is 52.8 Å². The Kier molecular flexibility index (Phi) is 4.95. The Labute approximate surface area is 145 Å². The van der Waals surface area contributed by atoms with E-state index in [9.17, 15) is 18.5 Å². The molecule has 25 heavy (non-hydrogen) atoms. The average Bonchev–Trinajstić information content (AvgIpc) is 2.63. The molecular formula is C16H17N3O5S. The van der Waals surface area contributed by atoms with E-state index in [0.717, 1.165) is 25.3 Å². The summed E-state index contributed by atoms with van der Waals surface area (Å²) >= 11 is 0. The maximum atomic E-state index is 12.7. The number of aromatic nitrogens is 1. The van der Waals surface area contributed by atoms with Crippen LogP contribution in [0.4, 0.5) is 5.69 Å². The van der Waals surface area contributed by atoms with Gasteiger partial charge in [-0.1, -0.05) is 6.42 Å². The van der Waals surface area contributed by atoms with Gasteiger partial charge in [-0.2, -0.15) is 4.31 Å². The first-order valence-corrected chi connectivity index (χ1v) is 9.29. The minimum Gasteiger partial charge on any atom is -0.449 e. The number of nitro groups is 1. The highest BCUT2D eigenvalue weighted by atomic mass is 32.2. The third-order valence-electron chi connectivity index (χ3n) is 3.94. The predicted octanol–water partition coefficient (Wildman–Crippen LogP) is 2.96. The molecule has 1 aliphatic rings. The summed E-state index contributed by atoms with van der Waals surface area (Å²) in [5, 5.41) is 11.4. The highest BCUT2D eigenvalue weighted by Crippen LogP contribution is 2.34. The normalized spacial score (nSPS) is 15.7. The van der Waals surface area contributed by atoms with Crippen molar-refractivity contribution in [1.82, 2.24) is 9.29 Å². The molecule has 0 spiro atoms. The zero-order valence-electron chi connectivity index (χ0n) is 13.4. The summed E-state index contributed by atoms with van der Waals surface area (Å²) in [6.45, 7) is 0.869. The van der Waals surface area contributed by atoms with Crippen molar-refractivity contribution < 1.29 is 18.1 Å². The van der Waals surface area contributed by atoms with Crippen LogP contribution in [-0.4, -0.2) is 35.7 Å². The molecule has 0 saturated carbocycles. The fraction of sp³-hybridized carbons (Fsp3) is 0.312. The molecule has 0 amide bonds. The summed E-state index contributed by atoms with van der Waals surface area (Å²) in [5.41, 5.74) is -0.401.